The van der Waals surface area contributed by atoms with Crippen molar-refractivity contribution in [3.8, 4) is 10.6 Å². The summed E-state index contributed by atoms with van der Waals surface area (Å²) in [7, 11) is 0. The summed E-state index contributed by atoms with van der Waals surface area (Å²) >= 11 is 1.66. The van der Waals surface area contributed by atoms with E-state index in [1.165, 1.54) is 0 Å². The molecule has 0 aliphatic heterocycles. The molecule has 0 radical (unpaired) electrons. The zero-order chi connectivity index (χ0) is 15.1. The highest BCUT2D eigenvalue weighted by atomic mass is 127. The minimum Gasteiger partial charge on any atom is -0.357 e. The number of thiazole rings is 1. The quantitative estimate of drug-likeness (QED) is 0.430. The molecule has 0 fully saturated rings. The largest absolute Gasteiger partial charge is 0.357 e. The molecule has 0 bridgehead atoms. The van der Waals surface area contributed by atoms with Crippen LogP contribution >= 0.6 is 35.3 Å². The second-order valence-corrected chi connectivity index (χ2v) is 5.86. The number of nitrogens with zero attached hydrogens (tertiary/aromatic N) is 2. The molecule has 4 nitrogen and oxygen atoms in total. The van der Waals surface area contributed by atoms with Crippen molar-refractivity contribution >= 4 is 41.3 Å². The van der Waals surface area contributed by atoms with Crippen molar-refractivity contribution in [2.45, 2.75) is 33.4 Å². The molecule has 22 heavy (non-hydrogen) atoms. The first-order chi connectivity index (χ1) is 10.2. The van der Waals surface area contributed by atoms with Crippen molar-refractivity contribution in [3.63, 3.8) is 0 Å². The van der Waals surface area contributed by atoms with Crippen LogP contribution in [0, 0.1) is 0 Å². The average molecular weight is 430 g/mol. The Labute approximate surface area is 153 Å². The molecule has 0 atom stereocenters. The van der Waals surface area contributed by atoms with Crippen LogP contribution in [0.5, 0.6) is 0 Å². The van der Waals surface area contributed by atoms with Crippen LogP contribution < -0.4 is 10.6 Å². The Bertz CT molecular complexity index is 581. The minimum atomic E-state index is 0. The van der Waals surface area contributed by atoms with Crippen molar-refractivity contribution in [2.24, 2.45) is 4.99 Å². The molecular weight excluding hydrogens is 407 g/mol. The van der Waals surface area contributed by atoms with Crippen LogP contribution in [0.1, 0.15) is 26.5 Å². The summed E-state index contributed by atoms with van der Waals surface area (Å²) in [5, 5.41) is 9.66. The van der Waals surface area contributed by atoms with Crippen molar-refractivity contribution < 1.29 is 0 Å². The van der Waals surface area contributed by atoms with Gasteiger partial charge in [0.2, 0.25) is 0 Å². The van der Waals surface area contributed by atoms with Gasteiger partial charge in [-0.15, -0.1) is 35.3 Å². The number of benzene rings is 1. The monoisotopic (exact) mass is 430 g/mol. The van der Waals surface area contributed by atoms with E-state index in [2.05, 4.69) is 58.9 Å². The van der Waals surface area contributed by atoms with E-state index in [4.69, 9.17) is 0 Å². The highest BCUT2D eigenvalue weighted by Gasteiger charge is 2.05. The first kappa shape index (κ1) is 18.9. The third-order valence-corrected chi connectivity index (χ3v) is 3.68. The Morgan fingerprint density at radius 1 is 1.27 bits per heavy atom. The topological polar surface area (TPSA) is 49.3 Å². The van der Waals surface area contributed by atoms with E-state index in [1.807, 2.05) is 18.2 Å². The van der Waals surface area contributed by atoms with Gasteiger partial charge in [-0.2, -0.15) is 0 Å². The fourth-order valence-electron chi connectivity index (χ4n) is 1.85. The van der Waals surface area contributed by atoms with Gasteiger partial charge in [0.1, 0.15) is 5.01 Å². The lowest BCUT2D eigenvalue weighted by atomic mass is 10.2. The van der Waals surface area contributed by atoms with Gasteiger partial charge in [-0.25, -0.2) is 9.98 Å². The fourth-order valence-corrected chi connectivity index (χ4v) is 2.66. The SMILES string of the molecule is CCNC(=NCc1csc(-c2ccccc2)n1)NC(C)C.I. The van der Waals surface area contributed by atoms with Crippen molar-refractivity contribution in [2.75, 3.05) is 6.54 Å². The van der Waals surface area contributed by atoms with Crippen LogP contribution in [-0.4, -0.2) is 23.5 Å². The van der Waals surface area contributed by atoms with Gasteiger partial charge in [-0.1, -0.05) is 30.3 Å². The molecule has 0 amide bonds. The van der Waals surface area contributed by atoms with Crippen molar-refractivity contribution in [3.05, 3.63) is 41.4 Å². The van der Waals surface area contributed by atoms with E-state index < -0.39 is 0 Å². The second-order valence-electron chi connectivity index (χ2n) is 5.00. The predicted molar refractivity (Wildman–Crippen MR) is 106 cm³/mol. The average Bonchev–Trinajstić information content (AvgIpc) is 2.94. The van der Waals surface area contributed by atoms with E-state index in [0.29, 0.717) is 12.6 Å². The molecular formula is C16H23IN4S. The Balaban J connectivity index is 0.00000242. The number of guanidine groups is 1. The zero-order valence-electron chi connectivity index (χ0n) is 13.2. The van der Waals surface area contributed by atoms with Crippen LogP contribution in [0.15, 0.2) is 40.7 Å². The van der Waals surface area contributed by atoms with Gasteiger partial charge in [0.25, 0.3) is 0 Å². The summed E-state index contributed by atoms with van der Waals surface area (Å²) in [5.41, 5.74) is 2.16. The molecule has 120 valence electrons. The molecule has 0 spiro atoms. The molecule has 0 saturated carbocycles. The van der Waals surface area contributed by atoms with Gasteiger partial charge < -0.3 is 10.6 Å². The number of aromatic nitrogens is 1. The Morgan fingerprint density at radius 3 is 2.64 bits per heavy atom. The van der Waals surface area contributed by atoms with Gasteiger partial charge in [0.15, 0.2) is 5.96 Å². The molecule has 1 aromatic carbocycles. The number of halogens is 1. The van der Waals surface area contributed by atoms with E-state index in [9.17, 15) is 0 Å². The summed E-state index contributed by atoms with van der Waals surface area (Å²) in [6.45, 7) is 7.70. The summed E-state index contributed by atoms with van der Waals surface area (Å²) < 4.78 is 0. The van der Waals surface area contributed by atoms with Crippen LogP contribution in [-0.2, 0) is 6.54 Å². The van der Waals surface area contributed by atoms with Crippen molar-refractivity contribution in [1.29, 1.82) is 0 Å². The van der Waals surface area contributed by atoms with Crippen LogP contribution in [0.3, 0.4) is 0 Å². The summed E-state index contributed by atoms with van der Waals surface area (Å²) in [4.78, 5) is 9.22. The van der Waals surface area contributed by atoms with Gasteiger partial charge in [0, 0.05) is 23.5 Å². The van der Waals surface area contributed by atoms with E-state index >= 15 is 0 Å². The summed E-state index contributed by atoms with van der Waals surface area (Å²) in [5.74, 6) is 0.835. The number of hydrogen-bond donors (Lipinski definition) is 2. The predicted octanol–water partition coefficient (Wildman–Crippen LogP) is 3.89. The molecule has 0 unspecified atom stereocenters. The van der Waals surface area contributed by atoms with E-state index in [-0.39, 0.29) is 24.0 Å². The molecule has 2 rings (SSSR count). The number of aliphatic imine (C=N–C) groups is 1. The maximum Gasteiger partial charge on any atom is 0.191 e. The maximum atomic E-state index is 4.65. The van der Waals surface area contributed by atoms with Crippen LogP contribution in [0.2, 0.25) is 0 Å². The lowest BCUT2D eigenvalue weighted by Crippen LogP contribution is -2.41. The van der Waals surface area contributed by atoms with Crippen LogP contribution in [0.4, 0.5) is 0 Å². The Hall–Kier alpha value is -1.15. The third kappa shape index (κ3) is 5.92. The lowest BCUT2D eigenvalue weighted by molar-refractivity contribution is 0.700. The molecule has 6 heteroatoms. The molecule has 0 aliphatic rings. The van der Waals surface area contributed by atoms with Gasteiger partial charge in [0.05, 0.1) is 12.2 Å². The minimum absolute atomic E-state index is 0. The van der Waals surface area contributed by atoms with Crippen LogP contribution in [0.25, 0.3) is 10.6 Å². The molecule has 2 N–H and O–H groups in total. The highest BCUT2D eigenvalue weighted by Crippen LogP contribution is 2.23. The molecule has 0 aliphatic carbocycles. The smallest absolute Gasteiger partial charge is 0.191 e. The first-order valence-corrected chi connectivity index (χ1v) is 8.11. The normalized spacial score (nSPS) is 11.2. The fraction of sp³-hybridized carbons (Fsp3) is 0.375. The molecule has 1 aromatic heterocycles. The Morgan fingerprint density at radius 2 is 2.00 bits per heavy atom. The summed E-state index contributed by atoms with van der Waals surface area (Å²) in [6, 6.07) is 10.6. The summed E-state index contributed by atoms with van der Waals surface area (Å²) in [6.07, 6.45) is 0. The first-order valence-electron chi connectivity index (χ1n) is 7.23. The van der Waals surface area contributed by atoms with Gasteiger partial charge >= 0.3 is 0 Å². The standard InChI is InChI=1S/C16H22N4S.HI/c1-4-17-16(19-12(2)3)18-10-14-11-21-15(20-14)13-8-6-5-7-9-13;/h5-9,11-12H,4,10H2,1-3H3,(H2,17,18,19);1H. The lowest BCUT2D eigenvalue weighted by Gasteiger charge is -2.13. The number of rotatable bonds is 5. The Kier molecular flexibility index (Phi) is 8.40. The van der Waals surface area contributed by atoms with E-state index in [1.54, 1.807) is 11.3 Å². The van der Waals surface area contributed by atoms with Gasteiger partial charge in [-0.3, -0.25) is 0 Å². The molecule has 1 heterocycles. The highest BCUT2D eigenvalue weighted by molar-refractivity contribution is 14.0. The zero-order valence-corrected chi connectivity index (χ0v) is 16.3. The third-order valence-electron chi connectivity index (χ3n) is 2.74. The van der Waals surface area contributed by atoms with Gasteiger partial charge in [-0.05, 0) is 20.8 Å². The molecule has 0 saturated heterocycles. The van der Waals surface area contributed by atoms with E-state index in [0.717, 1.165) is 28.8 Å². The number of nitrogens with one attached hydrogen (secondary N) is 2. The maximum absolute atomic E-state index is 4.65. The van der Waals surface area contributed by atoms with Crippen molar-refractivity contribution in [1.82, 2.24) is 15.6 Å². The molecule has 2 aromatic rings. The second kappa shape index (κ2) is 9.78. The number of hydrogen-bond acceptors (Lipinski definition) is 3.